The number of rotatable bonds is 4. The molecule has 3 unspecified atom stereocenters. The van der Waals surface area contributed by atoms with Gasteiger partial charge in [0.25, 0.3) is 0 Å². The molecule has 3 atom stereocenters. The normalized spacial score (nSPS) is 35.2. The summed E-state index contributed by atoms with van der Waals surface area (Å²) in [6.07, 6.45) is 6.16. The van der Waals surface area contributed by atoms with E-state index in [-0.39, 0.29) is 6.04 Å². The minimum atomic E-state index is -0.477. The molecule has 0 aromatic carbocycles. The average molecular weight is 197 g/mol. The highest BCUT2D eigenvalue weighted by Crippen LogP contribution is 2.31. The maximum absolute atomic E-state index is 10.3. The second kappa shape index (κ2) is 4.94. The second-order valence-electron chi connectivity index (χ2n) is 4.83. The third kappa shape index (κ3) is 3.43. The smallest absolute Gasteiger partial charge is 0.0774 e. The molecular weight excluding hydrogens is 174 g/mol. The zero-order valence-electron chi connectivity index (χ0n) is 9.42. The van der Waals surface area contributed by atoms with Gasteiger partial charge in [0.05, 0.1) is 5.60 Å². The Labute approximate surface area is 87.4 Å². The topological polar surface area (TPSA) is 32.3 Å². The first-order chi connectivity index (χ1) is 6.56. The number of hydrogen-bond acceptors (Lipinski definition) is 2. The minimum Gasteiger partial charge on any atom is -0.389 e. The van der Waals surface area contributed by atoms with Crippen LogP contribution >= 0.6 is 0 Å². The van der Waals surface area contributed by atoms with Crippen molar-refractivity contribution in [2.24, 2.45) is 5.92 Å². The molecule has 0 heterocycles. The fraction of sp³-hybridized carbons (Fsp3) is 0.833. The van der Waals surface area contributed by atoms with Gasteiger partial charge in [-0.25, -0.2) is 0 Å². The van der Waals surface area contributed by atoms with Crippen molar-refractivity contribution in [1.29, 1.82) is 0 Å². The summed E-state index contributed by atoms with van der Waals surface area (Å²) in [4.78, 5) is 0. The maximum Gasteiger partial charge on any atom is 0.0774 e. The van der Waals surface area contributed by atoms with Crippen molar-refractivity contribution in [2.75, 3.05) is 6.54 Å². The summed E-state index contributed by atoms with van der Waals surface area (Å²) in [5, 5.41) is 13.6. The Morgan fingerprint density at radius 3 is 3.00 bits per heavy atom. The van der Waals surface area contributed by atoms with E-state index in [0.717, 1.165) is 19.3 Å². The molecule has 1 saturated carbocycles. The molecular formula is C12H23NO. The van der Waals surface area contributed by atoms with Crippen molar-refractivity contribution in [3.63, 3.8) is 0 Å². The van der Waals surface area contributed by atoms with Gasteiger partial charge in [-0.1, -0.05) is 25.8 Å². The lowest BCUT2D eigenvalue weighted by molar-refractivity contribution is -0.0125. The molecule has 2 heteroatoms. The molecule has 1 fully saturated rings. The van der Waals surface area contributed by atoms with Gasteiger partial charge in [0.15, 0.2) is 0 Å². The molecule has 2 N–H and O–H groups in total. The van der Waals surface area contributed by atoms with Crippen molar-refractivity contribution in [3.8, 4) is 0 Å². The molecule has 2 nitrogen and oxygen atoms in total. The molecule has 0 aromatic heterocycles. The molecule has 0 aromatic rings. The van der Waals surface area contributed by atoms with Crippen LogP contribution in [0.3, 0.4) is 0 Å². The van der Waals surface area contributed by atoms with Gasteiger partial charge in [-0.05, 0) is 25.7 Å². The van der Waals surface area contributed by atoms with Crippen LogP contribution in [-0.2, 0) is 0 Å². The summed E-state index contributed by atoms with van der Waals surface area (Å²) in [5.41, 5.74) is -0.477. The Morgan fingerprint density at radius 1 is 1.71 bits per heavy atom. The molecule has 1 aliphatic rings. The van der Waals surface area contributed by atoms with Crippen LogP contribution in [0.15, 0.2) is 12.7 Å². The first kappa shape index (κ1) is 11.7. The lowest BCUT2D eigenvalue weighted by Crippen LogP contribution is -2.46. The number of hydrogen-bond donors (Lipinski definition) is 2. The first-order valence-electron chi connectivity index (χ1n) is 5.64. The molecule has 0 bridgehead atoms. The Hall–Kier alpha value is -0.340. The molecule has 0 radical (unpaired) electrons. The summed E-state index contributed by atoms with van der Waals surface area (Å²) >= 11 is 0. The van der Waals surface area contributed by atoms with Gasteiger partial charge >= 0.3 is 0 Å². The van der Waals surface area contributed by atoms with Crippen LogP contribution in [0.1, 0.15) is 39.5 Å². The summed E-state index contributed by atoms with van der Waals surface area (Å²) in [5.74, 6) is 0.662. The molecule has 1 aliphatic carbocycles. The molecule has 14 heavy (non-hydrogen) atoms. The van der Waals surface area contributed by atoms with Crippen LogP contribution in [0.5, 0.6) is 0 Å². The van der Waals surface area contributed by atoms with Crippen molar-refractivity contribution in [1.82, 2.24) is 5.32 Å². The Bertz CT molecular complexity index is 193. The van der Waals surface area contributed by atoms with Gasteiger partial charge in [0, 0.05) is 12.6 Å². The van der Waals surface area contributed by atoms with Crippen molar-refractivity contribution < 1.29 is 5.11 Å². The van der Waals surface area contributed by atoms with E-state index in [1.165, 1.54) is 6.42 Å². The minimum absolute atomic E-state index is 0.288. The highest BCUT2D eigenvalue weighted by Gasteiger charge is 2.32. The van der Waals surface area contributed by atoms with E-state index in [1.807, 2.05) is 6.08 Å². The lowest BCUT2D eigenvalue weighted by Gasteiger charge is -2.36. The van der Waals surface area contributed by atoms with Crippen LogP contribution in [0.25, 0.3) is 0 Å². The largest absolute Gasteiger partial charge is 0.389 e. The van der Waals surface area contributed by atoms with Gasteiger partial charge in [0.2, 0.25) is 0 Å². The predicted octanol–water partition coefficient (Wildman–Crippen LogP) is 2.09. The number of nitrogens with one attached hydrogen (secondary N) is 1. The van der Waals surface area contributed by atoms with E-state index in [4.69, 9.17) is 0 Å². The van der Waals surface area contributed by atoms with Crippen molar-refractivity contribution >= 4 is 0 Å². The molecule has 1 rings (SSSR count). The zero-order chi connectivity index (χ0) is 10.6. The SMILES string of the molecule is C=CC(C)NCC1(O)CCCC(C)C1. The molecule has 82 valence electrons. The highest BCUT2D eigenvalue weighted by molar-refractivity contribution is 4.90. The Morgan fingerprint density at radius 2 is 2.43 bits per heavy atom. The fourth-order valence-electron chi connectivity index (χ4n) is 2.23. The second-order valence-corrected chi connectivity index (χ2v) is 4.83. The quantitative estimate of drug-likeness (QED) is 0.676. The van der Waals surface area contributed by atoms with Crippen LogP contribution in [0.4, 0.5) is 0 Å². The van der Waals surface area contributed by atoms with Crippen LogP contribution in [0.2, 0.25) is 0 Å². The van der Waals surface area contributed by atoms with Gasteiger partial charge in [0.1, 0.15) is 0 Å². The number of aliphatic hydroxyl groups is 1. The molecule has 0 amide bonds. The summed E-state index contributed by atoms with van der Waals surface area (Å²) < 4.78 is 0. The van der Waals surface area contributed by atoms with E-state index >= 15 is 0 Å². The first-order valence-corrected chi connectivity index (χ1v) is 5.64. The maximum atomic E-state index is 10.3. The van der Waals surface area contributed by atoms with Crippen LogP contribution in [-0.4, -0.2) is 23.3 Å². The standard InChI is InChI=1S/C12H23NO/c1-4-11(3)13-9-12(14)7-5-6-10(2)8-12/h4,10-11,13-14H,1,5-9H2,2-3H3. The van der Waals surface area contributed by atoms with E-state index in [2.05, 4.69) is 25.7 Å². The van der Waals surface area contributed by atoms with E-state index in [9.17, 15) is 5.11 Å². The van der Waals surface area contributed by atoms with E-state index < -0.39 is 5.60 Å². The summed E-state index contributed by atoms with van der Waals surface area (Å²) in [6.45, 7) is 8.70. The van der Waals surface area contributed by atoms with E-state index in [1.54, 1.807) is 0 Å². The van der Waals surface area contributed by atoms with Crippen LogP contribution < -0.4 is 5.32 Å². The summed E-state index contributed by atoms with van der Waals surface area (Å²) in [6, 6.07) is 0.288. The molecule has 0 saturated heterocycles. The predicted molar refractivity (Wildman–Crippen MR) is 60.2 cm³/mol. The van der Waals surface area contributed by atoms with Gasteiger partial charge in [-0.15, -0.1) is 6.58 Å². The van der Waals surface area contributed by atoms with Crippen molar-refractivity contribution in [2.45, 2.75) is 51.2 Å². The van der Waals surface area contributed by atoms with Gasteiger partial charge in [-0.2, -0.15) is 0 Å². The Kier molecular flexibility index (Phi) is 4.14. The third-order valence-electron chi connectivity index (χ3n) is 3.17. The van der Waals surface area contributed by atoms with Gasteiger partial charge < -0.3 is 10.4 Å². The third-order valence-corrected chi connectivity index (χ3v) is 3.17. The fourth-order valence-corrected chi connectivity index (χ4v) is 2.23. The summed E-state index contributed by atoms with van der Waals surface area (Å²) in [7, 11) is 0. The monoisotopic (exact) mass is 197 g/mol. The zero-order valence-corrected chi connectivity index (χ0v) is 9.42. The average Bonchev–Trinajstić information content (AvgIpc) is 2.14. The van der Waals surface area contributed by atoms with E-state index in [0.29, 0.717) is 12.5 Å². The Balaban J connectivity index is 2.36. The van der Waals surface area contributed by atoms with Crippen molar-refractivity contribution in [3.05, 3.63) is 12.7 Å². The van der Waals surface area contributed by atoms with Gasteiger partial charge in [-0.3, -0.25) is 0 Å². The lowest BCUT2D eigenvalue weighted by atomic mass is 9.79. The van der Waals surface area contributed by atoms with Crippen LogP contribution in [0, 0.1) is 5.92 Å². The highest BCUT2D eigenvalue weighted by atomic mass is 16.3. The molecule has 0 spiro atoms. The molecule has 0 aliphatic heterocycles.